The van der Waals surface area contributed by atoms with E-state index in [0.717, 1.165) is 32.1 Å². The zero-order valence-electron chi connectivity index (χ0n) is 12.8. The Bertz CT molecular complexity index is 555. The Morgan fingerprint density at radius 1 is 1.48 bits per heavy atom. The molecule has 1 aromatic rings. The Labute approximate surface area is 127 Å². The maximum atomic E-state index is 12.5. The highest BCUT2D eigenvalue weighted by molar-refractivity contribution is 7.89. The Hall–Kier alpha value is -0.920. The number of nitrogens with one attached hydrogen (secondary N) is 1. The smallest absolute Gasteiger partial charge is 0.259 e. The average molecular weight is 314 g/mol. The molecule has 0 bridgehead atoms. The van der Waals surface area contributed by atoms with E-state index in [1.165, 1.54) is 0 Å². The van der Waals surface area contributed by atoms with Gasteiger partial charge in [0, 0.05) is 18.3 Å². The summed E-state index contributed by atoms with van der Waals surface area (Å²) in [6, 6.07) is 0.176. The van der Waals surface area contributed by atoms with E-state index in [4.69, 9.17) is 5.73 Å². The fourth-order valence-corrected chi connectivity index (χ4v) is 4.09. The summed E-state index contributed by atoms with van der Waals surface area (Å²) in [5.74, 6) is 0.227. The number of imidazole rings is 1. The highest BCUT2D eigenvalue weighted by Gasteiger charge is 2.29. The van der Waals surface area contributed by atoms with Gasteiger partial charge < -0.3 is 10.3 Å². The largest absolute Gasteiger partial charge is 0.333 e. The maximum absolute atomic E-state index is 12.5. The molecule has 1 heterocycles. The van der Waals surface area contributed by atoms with Crippen molar-refractivity contribution >= 4 is 10.0 Å². The molecule has 7 heteroatoms. The Kier molecular flexibility index (Phi) is 5.40. The van der Waals surface area contributed by atoms with Crippen molar-refractivity contribution in [2.45, 2.75) is 63.1 Å². The average Bonchev–Trinajstić information content (AvgIpc) is 2.97. The van der Waals surface area contributed by atoms with E-state index < -0.39 is 10.0 Å². The topological polar surface area (TPSA) is 90.0 Å². The SMILES string of the molecule is CC[C@H](C)n1cnc(S(=O)(=O)N[C@@H]2CCCC[C@H]2CN)c1. The predicted molar refractivity (Wildman–Crippen MR) is 82.4 cm³/mol. The van der Waals surface area contributed by atoms with Crippen LogP contribution in [0.3, 0.4) is 0 Å². The molecule has 1 aliphatic rings. The zero-order valence-corrected chi connectivity index (χ0v) is 13.6. The van der Waals surface area contributed by atoms with E-state index >= 15 is 0 Å². The van der Waals surface area contributed by atoms with E-state index in [9.17, 15) is 8.42 Å². The van der Waals surface area contributed by atoms with Crippen LogP contribution in [0.5, 0.6) is 0 Å². The first-order chi connectivity index (χ1) is 9.97. The minimum atomic E-state index is -3.56. The van der Waals surface area contributed by atoms with Gasteiger partial charge in [-0.2, -0.15) is 0 Å². The second-order valence-electron chi connectivity index (χ2n) is 5.92. The molecule has 0 saturated heterocycles. The molecule has 1 aromatic heterocycles. The highest BCUT2D eigenvalue weighted by atomic mass is 32.2. The van der Waals surface area contributed by atoms with Gasteiger partial charge in [-0.3, -0.25) is 0 Å². The normalized spacial score (nSPS) is 24.9. The number of sulfonamides is 1. The van der Waals surface area contributed by atoms with Gasteiger partial charge in [0.25, 0.3) is 10.0 Å². The second kappa shape index (κ2) is 6.89. The number of hydrogen-bond donors (Lipinski definition) is 2. The summed E-state index contributed by atoms with van der Waals surface area (Å²) in [4.78, 5) is 4.05. The summed E-state index contributed by atoms with van der Waals surface area (Å²) >= 11 is 0. The van der Waals surface area contributed by atoms with Gasteiger partial charge in [0.05, 0.1) is 6.33 Å². The maximum Gasteiger partial charge on any atom is 0.259 e. The number of nitrogens with zero attached hydrogens (tertiary/aromatic N) is 2. The van der Waals surface area contributed by atoms with Gasteiger partial charge >= 0.3 is 0 Å². The van der Waals surface area contributed by atoms with Crippen LogP contribution in [0.25, 0.3) is 0 Å². The molecule has 1 aliphatic carbocycles. The minimum Gasteiger partial charge on any atom is -0.333 e. The van der Waals surface area contributed by atoms with Crippen molar-refractivity contribution in [2.24, 2.45) is 11.7 Å². The summed E-state index contributed by atoms with van der Waals surface area (Å²) in [6.45, 7) is 4.62. The summed E-state index contributed by atoms with van der Waals surface area (Å²) in [6.07, 6.45) is 8.15. The molecule has 0 aliphatic heterocycles. The lowest BCUT2D eigenvalue weighted by Crippen LogP contribution is -2.44. The van der Waals surface area contributed by atoms with Gasteiger partial charge in [0.1, 0.15) is 0 Å². The number of rotatable bonds is 6. The highest BCUT2D eigenvalue weighted by Crippen LogP contribution is 2.25. The predicted octanol–water partition coefficient (Wildman–Crippen LogP) is 1.65. The van der Waals surface area contributed by atoms with Gasteiger partial charge in [-0.15, -0.1) is 0 Å². The lowest BCUT2D eigenvalue weighted by atomic mass is 9.85. The van der Waals surface area contributed by atoms with E-state index in [2.05, 4.69) is 16.6 Å². The van der Waals surface area contributed by atoms with Crippen molar-refractivity contribution in [1.82, 2.24) is 14.3 Å². The van der Waals surface area contributed by atoms with Gasteiger partial charge in [-0.1, -0.05) is 19.8 Å². The minimum absolute atomic E-state index is 0.0671. The molecular formula is C14H26N4O2S. The van der Waals surface area contributed by atoms with Crippen LogP contribution in [0.15, 0.2) is 17.6 Å². The van der Waals surface area contributed by atoms with Crippen LogP contribution in [0.1, 0.15) is 52.0 Å². The quantitative estimate of drug-likeness (QED) is 0.835. The molecule has 0 aromatic carbocycles. The molecule has 21 heavy (non-hydrogen) atoms. The first kappa shape index (κ1) is 16.5. The molecule has 3 atom stereocenters. The molecule has 0 amide bonds. The lowest BCUT2D eigenvalue weighted by Gasteiger charge is -2.30. The Morgan fingerprint density at radius 2 is 2.19 bits per heavy atom. The molecule has 3 N–H and O–H groups in total. The van der Waals surface area contributed by atoms with Crippen molar-refractivity contribution < 1.29 is 8.42 Å². The third-order valence-corrected chi connectivity index (χ3v) is 5.85. The molecule has 2 rings (SSSR count). The standard InChI is InChI=1S/C14H26N4O2S/c1-3-11(2)18-9-14(16-10-18)21(19,20)17-13-7-5-4-6-12(13)8-15/h9-13,17H,3-8,15H2,1-2H3/t11-,12-,13+/m0/s1. The van der Waals surface area contributed by atoms with Crippen LogP contribution in [-0.2, 0) is 10.0 Å². The van der Waals surface area contributed by atoms with Crippen molar-refractivity contribution in [1.29, 1.82) is 0 Å². The lowest BCUT2D eigenvalue weighted by molar-refractivity contribution is 0.296. The molecule has 1 saturated carbocycles. The molecule has 0 radical (unpaired) electrons. The monoisotopic (exact) mass is 314 g/mol. The molecule has 0 unspecified atom stereocenters. The van der Waals surface area contributed by atoms with Crippen LogP contribution < -0.4 is 10.5 Å². The van der Waals surface area contributed by atoms with Crippen molar-refractivity contribution in [2.75, 3.05) is 6.54 Å². The number of hydrogen-bond acceptors (Lipinski definition) is 4. The number of nitrogens with two attached hydrogens (primary N) is 1. The van der Waals surface area contributed by atoms with Crippen molar-refractivity contribution in [3.63, 3.8) is 0 Å². The van der Waals surface area contributed by atoms with E-state index in [0.29, 0.717) is 6.54 Å². The van der Waals surface area contributed by atoms with Crippen LogP contribution in [0.4, 0.5) is 0 Å². The zero-order chi connectivity index (χ0) is 15.5. The first-order valence-corrected chi connectivity index (χ1v) is 9.22. The molecule has 6 nitrogen and oxygen atoms in total. The van der Waals surface area contributed by atoms with Crippen LogP contribution in [0.2, 0.25) is 0 Å². The van der Waals surface area contributed by atoms with Crippen LogP contribution >= 0.6 is 0 Å². The fraction of sp³-hybridized carbons (Fsp3) is 0.786. The van der Waals surface area contributed by atoms with Crippen molar-refractivity contribution in [3.05, 3.63) is 12.5 Å². The first-order valence-electron chi connectivity index (χ1n) is 7.73. The molecule has 0 spiro atoms. The van der Waals surface area contributed by atoms with Crippen LogP contribution in [0, 0.1) is 5.92 Å². The van der Waals surface area contributed by atoms with Crippen LogP contribution in [-0.4, -0.2) is 30.6 Å². The Balaban J connectivity index is 2.12. The van der Waals surface area contributed by atoms with E-state index in [1.807, 2.05) is 11.5 Å². The van der Waals surface area contributed by atoms with E-state index in [-0.39, 0.29) is 23.0 Å². The molecular weight excluding hydrogens is 288 g/mol. The summed E-state index contributed by atoms with van der Waals surface area (Å²) < 4.78 is 29.6. The van der Waals surface area contributed by atoms with Gasteiger partial charge in [-0.25, -0.2) is 18.1 Å². The Morgan fingerprint density at radius 3 is 2.86 bits per heavy atom. The third kappa shape index (κ3) is 3.84. The van der Waals surface area contributed by atoms with Gasteiger partial charge in [0.2, 0.25) is 0 Å². The number of aromatic nitrogens is 2. The molecule has 1 fully saturated rings. The van der Waals surface area contributed by atoms with E-state index in [1.54, 1.807) is 12.5 Å². The summed E-state index contributed by atoms with van der Waals surface area (Å²) in [5, 5.41) is 0.101. The summed E-state index contributed by atoms with van der Waals surface area (Å²) in [7, 11) is -3.56. The second-order valence-corrected chi connectivity index (χ2v) is 7.59. The van der Waals surface area contributed by atoms with Gasteiger partial charge in [0.15, 0.2) is 5.03 Å². The van der Waals surface area contributed by atoms with Gasteiger partial charge in [-0.05, 0) is 38.6 Å². The molecule has 120 valence electrons. The third-order valence-electron chi connectivity index (χ3n) is 4.47. The van der Waals surface area contributed by atoms with Crippen molar-refractivity contribution in [3.8, 4) is 0 Å². The fourth-order valence-electron chi connectivity index (χ4n) is 2.81. The summed E-state index contributed by atoms with van der Waals surface area (Å²) in [5.41, 5.74) is 5.76.